The van der Waals surface area contributed by atoms with E-state index in [1.807, 2.05) is 48.7 Å². The van der Waals surface area contributed by atoms with Crippen LogP contribution in [0.15, 0.2) is 85.1 Å². The van der Waals surface area contributed by atoms with Gasteiger partial charge in [-0.2, -0.15) is 4.57 Å². The number of pyridine rings is 1. The maximum absolute atomic E-state index is 12.6. The number of ketones is 1. The highest BCUT2D eigenvalue weighted by Gasteiger charge is 2.27. The fraction of sp³-hybridized carbons (Fsp3) is 0.0909. The van der Waals surface area contributed by atoms with Crippen LogP contribution in [0, 0.1) is 0 Å². The minimum absolute atomic E-state index is 0.128. The van der Waals surface area contributed by atoms with Crippen molar-refractivity contribution in [2.24, 2.45) is 0 Å². The van der Waals surface area contributed by atoms with Gasteiger partial charge in [0.25, 0.3) is 0 Å². The molecule has 0 amide bonds. The van der Waals surface area contributed by atoms with Crippen LogP contribution >= 0.6 is 0 Å². The predicted molar refractivity (Wildman–Crippen MR) is 94.7 cm³/mol. The minimum Gasteiger partial charge on any atom is -0.287 e. The number of benzene rings is 2. The number of nitrogens with zero attached hydrogens (tertiary/aromatic N) is 1. The molecule has 0 aliphatic heterocycles. The third-order valence-electron chi connectivity index (χ3n) is 4.50. The molecule has 0 radical (unpaired) electrons. The van der Waals surface area contributed by atoms with Crippen LogP contribution in [-0.2, 0) is 6.54 Å². The Balaban J connectivity index is 1.67. The van der Waals surface area contributed by atoms with Gasteiger partial charge >= 0.3 is 0 Å². The molecule has 24 heavy (non-hydrogen) atoms. The molecule has 0 saturated heterocycles. The number of aromatic nitrogens is 1. The molecule has 1 aliphatic rings. The second-order valence-electron chi connectivity index (χ2n) is 6.01. The summed E-state index contributed by atoms with van der Waals surface area (Å²) in [5.41, 5.74) is 4.45. The molecule has 2 aromatic carbocycles. The molecular weight excluding hydrogens is 294 g/mol. The zero-order valence-corrected chi connectivity index (χ0v) is 13.3. The number of hydrogen-bond acceptors (Lipinski definition) is 1. The highest BCUT2D eigenvalue weighted by Crippen LogP contribution is 2.33. The number of allylic oxidation sites excluding steroid dienone is 1. The number of Topliss-reactive ketones (excluding diaryl/α,β-unsaturated/α-hetero) is 1. The molecule has 3 aromatic rings. The lowest BCUT2D eigenvalue weighted by atomic mass is 9.96. The Bertz CT molecular complexity index is 912. The molecular formula is C22H18NO+. The maximum Gasteiger partial charge on any atom is 0.227 e. The summed E-state index contributed by atoms with van der Waals surface area (Å²) in [6.45, 7) is 0.354. The molecule has 1 aliphatic carbocycles. The van der Waals surface area contributed by atoms with Gasteiger partial charge in [0.2, 0.25) is 12.3 Å². The van der Waals surface area contributed by atoms with Crippen LogP contribution in [-0.4, -0.2) is 5.78 Å². The Morgan fingerprint density at radius 3 is 2.50 bits per heavy atom. The molecule has 1 atom stereocenters. The SMILES string of the molecule is O=C(C[n+]1ccccc1C1C=Cc2ccccc21)c1ccccc1. The summed E-state index contributed by atoms with van der Waals surface area (Å²) in [5.74, 6) is 0.328. The van der Waals surface area contributed by atoms with Crippen molar-refractivity contribution in [3.8, 4) is 0 Å². The van der Waals surface area contributed by atoms with Gasteiger partial charge in [-0.1, -0.05) is 72.8 Å². The molecule has 0 spiro atoms. The third-order valence-corrected chi connectivity index (χ3v) is 4.50. The first-order valence-electron chi connectivity index (χ1n) is 8.17. The fourth-order valence-electron chi connectivity index (χ4n) is 3.29. The average Bonchev–Trinajstić information content (AvgIpc) is 3.07. The van der Waals surface area contributed by atoms with Gasteiger partial charge in [0.15, 0.2) is 11.9 Å². The van der Waals surface area contributed by atoms with E-state index in [1.165, 1.54) is 11.1 Å². The summed E-state index contributed by atoms with van der Waals surface area (Å²) >= 11 is 0. The van der Waals surface area contributed by atoms with E-state index in [2.05, 4.69) is 47.1 Å². The molecule has 1 unspecified atom stereocenters. The number of carbonyl (C=O) groups excluding carboxylic acids is 1. The Kier molecular flexibility index (Phi) is 3.80. The van der Waals surface area contributed by atoms with Gasteiger partial charge < -0.3 is 0 Å². The van der Waals surface area contributed by atoms with Crippen LogP contribution in [0.3, 0.4) is 0 Å². The molecule has 0 bridgehead atoms. The summed E-state index contributed by atoms with van der Waals surface area (Å²) in [6.07, 6.45) is 6.37. The summed E-state index contributed by atoms with van der Waals surface area (Å²) in [6, 6.07) is 24.0. The first-order chi connectivity index (χ1) is 11.8. The summed E-state index contributed by atoms with van der Waals surface area (Å²) in [7, 11) is 0. The molecule has 116 valence electrons. The second-order valence-corrected chi connectivity index (χ2v) is 6.01. The lowest BCUT2D eigenvalue weighted by Crippen LogP contribution is -2.42. The third kappa shape index (κ3) is 2.67. The largest absolute Gasteiger partial charge is 0.287 e. The van der Waals surface area contributed by atoms with Crippen molar-refractivity contribution in [3.05, 3.63) is 107 Å². The number of hydrogen-bond donors (Lipinski definition) is 0. The normalized spacial score (nSPS) is 15.2. The van der Waals surface area contributed by atoms with E-state index in [-0.39, 0.29) is 11.7 Å². The smallest absolute Gasteiger partial charge is 0.227 e. The Labute approximate surface area is 141 Å². The van der Waals surface area contributed by atoms with Crippen LogP contribution < -0.4 is 4.57 Å². The summed E-state index contributed by atoms with van der Waals surface area (Å²) in [4.78, 5) is 12.6. The number of rotatable bonds is 4. The Morgan fingerprint density at radius 1 is 0.875 bits per heavy atom. The van der Waals surface area contributed by atoms with Gasteiger partial charge in [0, 0.05) is 17.7 Å². The maximum atomic E-state index is 12.6. The summed E-state index contributed by atoms with van der Waals surface area (Å²) in [5, 5.41) is 0. The van der Waals surface area contributed by atoms with Crippen molar-refractivity contribution < 1.29 is 9.36 Å². The first kappa shape index (κ1) is 14.6. The van der Waals surface area contributed by atoms with Crippen LogP contribution in [0.1, 0.15) is 33.1 Å². The molecule has 0 saturated carbocycles. The second kappa shape index (κ2) is 6.25. The quantitative estimate of drug-likeness (QED) is 0.526. The molecule has 0 fully saturated rings. The standard InChI is InChI=1S/C22H18NO/c24-22(18-9-2-1-3-10-18)16-23-15-7-6-12-21(23)20-14-13-17-8-4-5-11-19(17)20/h1-15,20H,16H2/q+1. The van der Waals surface area contributed by atoms with Crippen molar-refractivity contribution >= 4 is 11.9 Å². The molecule has 1 aromatic heterocycles. The van der Waals surface area contributed by atoms with E-state index in [0.29, 0.717) is 6.54 Å². The Hall–Kier alpha value is -3.00. The first-order valence-corrected chi connectivity index (χ1v) is 8.17. The minimum atomic E-state index is 0.128. The van der Waals surface area contributed by atoms with Crippen molar-refractivity contribution in [2.75, 3.05) is 0 Å². The van der Waals surface area contributed by atoms with Gasteiger partial charge in [-0.05, 0) is 11.1 Å². The van der Waals surface area contributed by atoms with Crippen molar-refractivity contribution in [1.82, 2.24) is 0 Å². The highest BCUT2D eigenvalue weighted by molar-refractivity contribution is 5.94. The fourth-order valence-corrected chi connectivity index (χ4v) is 3.29. The molecule has 0 N–H and O–H groups in total. The van der Waals surface area contributed by atoms with Crippen molar-refractivity contribution in [3.63, 3.8) is 0 Å². The van der Waals surface area contributed by atoms with Crippen LogP contribution in [0.4, 0.5) is 0 Å². The van der Waals surface area contributed by atoms with E-state index >= 15 is 0 Å². The summed E-state index contributed by atoms with van der Waals surface area (Å²) < 4.78 is 2.06. The zero-order valence-electron chi connectivity index (χ0n) is 13.3. The van der Waals surface area contributed by atoms with Crippen LogP contribution in [0.25, 0.3) is 6.08 Å². The van der Waals surface area contributed by atoms with Crippen molar-refractivity contribution in [1.29, 1.82) is 0 Å². The topological polar surface area (TPSA) is 20.9 Å². The van der Waals surface area contributed by atoms with Crippen LogP contribution in [0.5, 0.6) is 0 Å². The van der Waals surface area contributed by atoms with Crippen molar-refractivity contribution in [2.45, 2.75) is 12.5 Å². The zero-order chi connectivity index (χ0) is 16.4. The number of carbonyl (C=O) groups is 1. The van der Waals surface area contributed by atoms with Gasteiger partial charge in [-0.3, -0.25) is 4.79 Å². The molecule has 1 heterocycles. The van der Waals surface area contributed by atoms with Gasteiger partial charge in [0.05, 0.1) is 5.92 Å². The van der Waals surface area contributed by atoms with Gasteiger partial charge in [-0.15, -0.1) is 0 Å². The lowest BCUT2D eigenvalue weighted by molar-refractivity contribution is -0.691. The predicted octanol–water partition coefficient (Wildman–Crippen LogP) is 4.02. The molecule has 4 rings (SSSR count). The lowest BCUT2D eigenvalue weighted by Gasteiger charge is -2.10. The van der Waals surface area contributed by atoms with E-state index in [4.69, 9.17) is 0 Å². The average molecular weight is 312 g/mol. The highest BCUT2D eigenvalue weighted by atomic mass is 16.1. The Morgan fingerprint density at radius 2 is 1.62 bits per heavy atom. The number of fused-ring (bicyclic) bond motifs is 1. The monoisotopic (exact) mass is 312 g/mol. The van der Waals surface area contributed by atoms with E-state index in [1.54, 1.807) is 0 Å². The van der Waals surface area contributed by atoms with E-state index < -0.39 is 0 Å². The van der Waals surface area contributed by atoms with E-state index in [0.717, 1.165) is 11.3 Å². The molecule has 2 heteroatoms. The van der Waals surface area contributed by atoms with Crippen LogP contribution in [0.2, 0.25) is 0 Å². The van der Waals surface area contributed by atoms with E-state index in [9.17, 15) is 4.79 Å². The molecule has 2 nitrogen and oxygen atoms in total. The van der Waals surface area contributed by atoms with Gasteiger partial charge in [-0.25, -0.2) is 0 Å². The van der Waals surface area contributed by atoms with Gasteiger partial charge in [0.1, 0.15) is 0 Å².